The number of hydrogen-bond donors (Lipinski definition) is 0. The summed E-state index contributed by atoms with van der Waals surface area (Å²) < 4.78 is 0. The average molecular weight is 398 g/mol. The Labute approximate surface area is 170 Å². The highest BCUT2D eigenvalue weighted by molar-refractivity contribution is 6.30. The van der Waals surface area contributed by atoms with Gasteiger partial charge in [-0.25, -0.2) is 0 Å². The van der Waals surface area contributed by atoms with E-state index in [1.54, 1.807) is 0 Å². The summed E-state index contributed by atoms with van der Waals surface area (Å²) in [5.41, 5.74) is 3.85. The van der Waals surface area contributed by atoms with E-state index in [2.05, 4.69) is 4.90 Å². The number of amides is 2. The van der Waals surface area contributed by atoms with E-state index in [9.17, 15) is 9.59 Å². The average Bonchev–Trinajstić information content (AvgIpc) is 3.16. The summed E-state index contributed by atoms with van der Waals surface area (Å²) in [5.74, 6) is 0.198. The van der Waals surface area contributed by atoms with E-state index in [1.165, 1.54) is 0 Å². The molecule has 0 N–H and O–H groups in total. The third-order valence-corrected chi connectivity index (χ3v) is 5.80. The van der Waals surface area contributed by atoms with Gasteiger partial charge in [-0.3, -0.25) is 9.59 Å². The van der Waals surface area contributed by atoms with Crippen LogP contribution in [0.5, 0.6) is 0 Å². The number of benzene rings is 2. The van der Waals surface area contributed by atoms with Gasteiger partial charge in [0.05, 0.1) is 0 Å². The normalized spacial score (nSPS) is 16.3. The zero-order chi connectivity index (χ0) is 19.7. The molecule has 2 aliphatic heterocycles. The second-order valence-corrected chi connectivity index (χ2v) is 7.69. The molecule has 2 aromatic rings. The van der Waals surface area contributed by atoms with Crippen LogP contribution < -0.4 is 9.80 Å². The Hall–Kier alpha value is -2.53. The third kappa shape index (κ3) is 3.59. The summed E-state index contributed by atoms with van der Waals surface area (Å²) >= 11 is 6.09. The Morgan fingerprint density at radius 1 is 1.00 bits per heavy atom. The molecule has 0 atom stereocenters. The molecule has 146 valence electrons. The van der Waals surface area contributed by atoms with Crippen molar-refractivity contribution in [1.82, 2.24) is 4.90 Å². The standard InChI is InChI=1S/C22H24ClN3O2/c1-2-21(27)26-9-8-16-14-17(6-7-20(16)26)22(28)25-12-10-24(11-13-25)19-5-3-4-18(23)15-19/h3-7,14-15H,2,8-13H2,1H3. The lowest BCUT2D eigenvalue weighted by Crippen LogP contribution is -2.48. The first-order valence-electron chi connectivity index (χ1n) is 9.80. The van der Waals surface area contributed by atoms with E-state index in [-0.39, 0.29) is 11.8 Å². The van der Waals surface area contributed by atoms with Gasteiger partial charge in [0.15, 0.2) is 0 Å². The molecular weight excluding hydrogens is 374 g/mol. The Morgan fingerprint density at radius 3 is 2.50 bits per heavy atom. The minimum Gasteiger partial charge on any atom is -0.368 e. The molecule has 2 heterocycles. The van der Waals surface area contributed by atoms with Crippen molar-refractivity contribution in [2.45, 2.75) is 19.8 Å². The number of anilines is 2. The van der Waals surface area contributed by atoms with E-state index >= 15 is 0 Å². The molecule has 2 amide bonds. The predicted octanol–water partition coefficient (Wildman–Crippen LogP) is 3.60. The van der Waals surface area contributed by atoms with E-state index in [0.29, 0.717) is 31.6 Å². The molecule has 2 aromatic carbocycles. The lowest BCUT2D eigenvalue weighted by atomic mass is 10.1. The summed E-state index contributed by atoms with van der Waals surface area (Å²) in [4.78, 5) is 31.0. The number of carbonyl (C=O) groups is 2. The lowest BCUT2D eigenvalue weighted by molar-refractivity contribution is -0.118. The maximum Gasteiger partial charge on any atom is 0.253 e. The topological polar surface area (TPSA) is 43.9 Å². The molecule has 0 saturated carbocycles. The van der Waals surface area contributed by atoms with Gasteiger partial charge in [-0.05, 0) is 48.4 Å². The van der Waals surface area contributed by atoms with Crippen LogP contribution in [0.1, 0.15) is 29.3 Å². The highest BCUT2D eigenvalue weighted by Gasteiger charge is 2.27. The van der Waals surface area contributed by atoms with Crippen molar-refractivity contribution >= 4 is 34.8 Å². The smallest absolute Gasteiger partial charge is 0.253 e. The quantitative estimate of drug-likeness (QED) is 0.794. The summed E-state index contributed by atoms with van der Waals surface area (Å²) in [6.07, 6.45) is 1.31. The molecular formula is C22H24ClN3O2. The van der Waals surface area contributed by atoms with Crippen molar-refractivity contribution < 1.29 is 9.59 Å². The Balaban J connectivity index is 1.43. The van der Waals surface area contributed by atoms with Gasteiger partial charge in [-0.2, -0.15) is 0 Å². The van der Waals surface area contributed by atoms with Gasteiger partial charge in [0.1, 0.15) is 0 Å². The molecule has 0 unspecified atom stereocenters. The van der Waals surface area contributed by atoms with Crippen LogP contribution in [0.4, 0.5) is 11.4 Å². The highest BCUT2D eigenvalue weighted by atomic mass is 35.5. The Kier molecular flexibility index (Phi) is 5.27. The van der Waals surface area contributed by atoms with Crippen LogP contribution in [0.3, 0.4) is 0 Å². The third-order valence-electron chi connectivity index (χ3n) is 5.57. The number of piperazine rings is 1. The fourth-order valence-corrected chi connectivity index (χ4v) is 4.19. The number of halogens is 1. The monoisotopic (exact) mass is 397 g/mol. The lowest BCUT2D eigenvalue weighted by Gasteiger charge is -2.36. The highest BCUT2D eigenvalue weighted by Crippen LogP contribution is 2.30. The summed E-state index contributed by atoms with van der Waals surface area (Å²) in [6, 6.07) is 13.6. The molecule has 4 rings (SSSR count). The number of rotatable bonds is 3. The minimum absolute atomic E-state index is 0.0637. The van der Waals surface area contributed by atoms with Gasteiger partial charge < -0.3 is 14.7 Å². The number of nitrogens with zero attached hydrogens (tertiary/aromatic N) is 3. The van der Waals surface area contributed by atoms with Gasteiger partial charge in [-0.1, -0.05) is 24.6 Å². The van der Waals surface area contributed by atoms with Crippen molar-refractivity contribution in [2.75, 3.05) is 42.5 Å². The van der Waals surface area contributed by atoms with Crippen molar-refractivity contribution in [3.05, 3.63) is 58.6 Å². The molecule has 6 heteroatoms. The van der Waals surface area contributed by atoms with Crippen molar-refractivity contribution in [3.8, 4) is 0 Å². The van der Waals surface area contributed by atoms with E-state index in [1.807, 2.05) is 59.2 Å². The molecule has 0 aliphatic carbocycles. The molecule has 1 saturated heterocycles. The zero-order valence-corrected chi connectivity index (χ0v) is 16.8. The fraction of sp³-hybridized carbons (Fsp3) is 0.364. The van der Waals surface area contributed by atoms with Crippen LogP contribution in [0.2, 0.25) is 5.02 Å². The predicted molar refractivity (Wildman–Crippen MR) is 112 cm³/mol. The minimum atomic E-state index is 0.0637. The van der Waals surface area contributed by atoms with Gasteiger partial charge >= 0.3 is 0 Å². The second kappa shape index (κ2) is 7.84. The molecule has 0 aromatic heterocycles. The van der Waals surface area contributed by atoms with Gasteiger partial charge in [0.2, 0.25) is 5.91 Å². The van der Waals surface area contributed by atoms with Crippen LogP contribution in [0.15, 0.2) is 42.5 Å². The second-order valence-electron chi connectivity index (χ2n) is 7.25. The summed E-state index contributed by atoms with van der Waals surface area (Å²) in [7, 11) is 0. The largest absolute Gasteiger partial charge is 0.368 e. The van der Waals surface area contributed by atoms with Crippen molar-refractivity contribution in [1.29, 1.82) is 0 Å². The first-order chi connectivity index (χ1) is 13.6. The SMILES string of the molecule is CCC(=O)N1CCc2cc(C(=O)N3CCN(c4cccc(Cl)c4)CC3)ccc21. The Morgan fingerprint density at radius 2 is 1.79 bits per heavy atom. The molecule has 28 heavy (non-hydrogen) atoms. The number of fused-ring (bicyclic) bond motifs is 1. The van der Waals surface area contributed by atoms with Crippen molar-refractivity contribution in [3.63, 3.8) is 0 Å². The maximum absolute atomic E-state index is 13.0. The summed E-state index contributed by atoms with van der Waals surface area (Å²) in [6.45, 7) is 5.52. The zero-order valence-electron chi connectivity index (χ0n) is 16.0. The van der Waals surface area contributed by atoms with Crippen LogP contribution in [-0.2, 0) is 11.2 Å². The van der Waals surface area contributed by atoms with Crippen LogP contribution in [0.25, 0.3) is 0 Å². The van der Waals surface area contributed by atoms with Gasteiger partial charge in [0, 0.05) is 61.1 Å². The van der Waals surface area contributed by atoms with E-state index < -0.39 is 0 Å². The summed E-state index contributed by atoms with van der Waals surface area (Å²) in [5, 5.41) is 0.727. The number of hydrogen-bond acceptors (Lipinski definition) is 3. The Bertz CT molecular complexity index is 906. The van der Waals surface area contributed by atoms with Crippen LogP contribution >= 0.6 is 11.6 Å². The van der Waals surface area contributed by atoms with Crippen LogP contribution in [-0.4, -0.2) is 49.4 Å². The van der Waals surface area contributed by atoms with Gasteiger partial charge in [0.25, 0.3) is 5.91 Å². The van der Waals surface area contributed by atoms with E-state index in [4.69, 9.17) is 11.6 Å². The molecule has 5 nitrogen and oxygen atoms in total. The van der Waals surface area contributed by atoms with Crippen molar-refractivity contribution in [2.24, 2.45) is 0 Å². The fourth-order valence-electron chi connectivity index (χ4n) is 4.01. The molecule has 0 bridgehead atoms. The van der Waals surface area contributed by atoms with E-state index in [0.717, 1.165) is 41.5 Å². The molecule has 1 fully saturated rings. The molecule has 2 aliphatic rings. The molecule has 0 spiro atoms. The first kappa shape index (κ1) is 18.8. The van der Waals surface area contributed by atoms with Crippen LogP contribution in [0, 0.1) is 0 Å². The first-order valence-corrected chi connectivity index (χ1v) is 10.2. The number of carbonyl (C=O) groups excluding carboxylic acids is 2. The molecule has 0 radical (unpaired) electrons. The van der Waals surface area contributed by atoms with Gasteiger partial charge in [-0.15, -0.1) is 0 Å². The maximum atomic E-state index is 13.0.